The fraction of sp³-hybridized carbons (Fsp3) is 0.409. The van der Waals surface area contributed by atoms with E-state index in [1.807, 2.05) is 33.8 Å². The van der Waals surface area contributed by atoms with Gasteiger partial charge in [0.2, 0.25) is 11.8 Å². The quantitative estimate of drug-likeness (QED) is 0.438. The Kier molecular flexibility index (Phi) is 7.15. The number of carbonyl (C=O) groups excluding carboxylic acids is 2. The number of amides is 2. The molecule has 0 fully saturated rings. The highest BCUT2D eigenvalue weighted by atomic mass is 16.2. The van der Waals surface area contributed by atoms with Gasteiger partial charge in [-0.25, -0.2) is 5.43 Å². The molecule has 150 valence electrons. The van der Waals surface area contributed by atoms with Crippen molar-refractivity contribution in [3.63, 3.8) is 0 Å². The summed E-state index contributed by atoms with van der Waals surface area (Å²) in [5, 5.41) is 6.73. The monoisotopic (exact) mass is 382 g/mol. The molecule has 0 aliphatic heterocycles. The van der Waals surface area contributed by atoms with E-state index < -0.39 is 5.91 Å². The highest BCUT2D eigenvalue weighted by Crippen LogP contribution is 2.23. The van der Waals surface area contributed by atoms with Crippen LogP contribution in [0.2, 0.25) is 0 Å². The number of rotatable bonds is 7. The van der Waals surface area contributed by atoms with Crippen LogP contribution in [0.25, 0.3) is 5.69 Å². The van der Waals surface area contributed by atoms with Gasteiger partial charge in [0, 0.05) is 29.2 Å². The van der Waals surface area contributed by atoms with E-state index in [1.54, 1.807) is 6.21 Å². The first-order chi connectivity index (χ1) is 13.2. The van der Waals surface area contributed by atoms with E-state index in [-0.39, 0.29) is 12.3 Å². The maximum atomic E-state index is 11.9. The molecular weight excluding hydrogens is 352 g/mol. The molecule has 0 radical (unpaired) electrons. The van der Waals surface area contributed by atoms with Crippen molar-refractivity contribution in [1.29, 1.82) is 0 Å². The summed E-state index contributed by atoms with van der Waals surface area (Å²) >= 11 is 0. The van der Waals surface area contributed by atoms with Crippen LogP contribution in [0.15, 0.2) is 29.4 Å². The van der Waals surface area contributed by atoms with Gasteiger partial charge in [0.1, 0.15) is 6.42 Å². The molecule has 0 aliphatic carbocycles. The second-order valence-electron chi connectivity index (χ2n) is 7.62. The Bertz CT molecular complexity index is 894. The smallest absolute Gasteiger partial charge is 0.249 e. The topological polar surface area (TPSA) is 75.5 Å². The Hall–Kier alpha value is -2.89. The number of benzene rings is 1. The Balaban J connectivity index is 2.05. The lowest BCUT2D eigenvalue weighted by molar-refractivity contribution is -0.129. The SMILES string of the molecule is Cc1ccc(-n2c(C)cc(/C=N/NC(=O)CC(=O)NCC(C)C)c2C)c(C)c1. The molecule has 0 aliphatic rings. The Morgan fingerprint density at radius 1 is 1.11 bits per heavy atom. The molecule has 0 unspecified atom stereocenters. The fourth-order valence-electron chi connectivity index (χ4n) is 3.08. The minimum absolute atomic E-state index is 0.231. The zero-order chi connectivity index (χ0) is 20.8. The van der Waals surface area contributed by atoms with Crippen molar-refractivity contribution in [2.75, 3.05) is 6.54 Å². The van der Waals surface area contributed by atoms with E-state index >= 15 is 0 Å². The van der Waals surface area contributed by atoms with Crippen molar-refractivity contribution in [2.24, 2.45) is 11.0 Å². The maximum absolute atomic E-state index is 11.9. The number of aromatic nitrogens is 1. The van der Waals surface area contributed by atoms with Crippen LogP contribution in [0, 0.1) is 33.6 Å². The molecule has 6 heteroatoms. The molecule has 1 heterocycles. The minimum Gasteiger partial charge on any atom is -0.355 e. The second-order valence-corrected chi connectivity index (χ2v) is 7.62. The number of nitrogens with zero attached hydrogens (tertiary/aromatic N) is 2. The van der Waals surface area contributed by atoms with Gasteiger partial charge in [-0.15, -0.1) is 0 Å². The van der Waals surface area contributed by atoms with Crippen LogP contribution in [0.1, 0.15) is 48.3 Å². The van der Waals surface area contributed by atoms with Gasteiger partial charge in [0.05, 0.1) is 6.21 Å². The molecule has 0 saturated heterocycles. The van der Waals surface area contributed by atoms with Gasteiger partial charge >= 0.3 is 0 Å². The van der Waals surface area contributed by atoms with Crippen molar-refractivity contribution >= 4 is 18.0 Å². The molecule has 2 rings (SSSR count). The maximum Gasteiger partial charge on any atom is 0.249 e. The van der Waals surface area contributed by atoms with Crippen LogP contribution in [0.4, 0.5) is 0 Å². The van der Waals surface area contributed by atoms with Crippen LogP contribution < -0.4 is 10.7 Å². The predicted molar refractivity (Wildman–Crippen MR) is 113 cm³/mol. The van der Waals surface area contributed by atoms with E-state index in [0.717, 1.165) is 22.6 Å². The van der Waals surface area contributed by atoms with Crippen molar-refractivity contribution in [3.05, 3.63) is 52.3 Å². The van der Waals surface area contributed by atoms with E-state index in [1.165, 1.54) is 11.1 Å². The first kappa shape index (κ1) is 21.4. The van der Waals surface area contributed by atoms with Gasteiger partial charge in [-0.05, 0) is 51.3 Å². The van der Waals surface area contributed by atoms with Crippen LogP contribution >= 0.6 is 0 Å². The molecule has 28 heavy (non-hydrogen) atoms. The van der Waals surface area contributed by atoms with Crippen LogP contribution in [-0.4, -0.2) is 29.1 Å². The molecule has 0 atom stereocenters. The average Bonchev–Trinajstić information content (AvgIpc) is 2.87. The van der Waals surface area contributed by atoms with Crippen molar-refractivity contribution < 1.29 is 9.59 Å². The Morgan fingerprint density at radius 2 is 1.82 bits per heavy atom. The lowest BCUT2D eigenvalue weighted by Crippen LogP contribution is -2.32. The lowest BCUT2D eigenvalue weighted by atomic mass is 10.1. The third-order valence-electron chi connectivity index (χ3n) is 4.48. The molecule has 1 aromatic heterocycles. The van der Waals surface area contributed by atoms with Gasteiger partial charge in [0.25, 0.3) is 0 Å². The second kappa shape index (κ2) is 9.35. The van der Waals surface area contributed by atoms with Crippen LogP contribution in [0.3, 0.4) is 0 Å². The van der Waals surface area contributed by atoms with E-state index in [4.69, 9.17) is 0 Å². The van der Waals surface area contributed by atoms with E-state index in [0.29, 0.717) is 12.5 Å². The summed E-state index contributed by atoms with van der Waals surface area (Å²) < 4.78 is 2.18. The zero-order valence-corrected chi connectivity index (χ0v) is 17.6. The van der Waals surface area contributed by atoms with Crippen molar-refractivity contribution in [1.82, 2.24) is 15.3 Å². The largest absolute Gasteiger partial charge is 0.355 e. The highest BCUT2D eigenvalue weighted by Gasteiger charge is 2.12. The average molecular weight is 383 g/mol. The third kappa shape index (κ3) is 5.55. The summed E-state index contributed by atoms with van der Waals surface area (Å²) in [4.78, 5) is 23.5. The molecular formula is C22H30N4O2. The zero-order valence-electron chi connectivity index (χ0n) is 17.6. The molecule has 2 N–H and O–H groups in total. The number of hydrazone groups is 1. The molecule has 0 bridgehead atoms. The fourth-order valence-corrected chi connectivity index (χ4v) is 3.08. The minimum atomic E-state index is -0.430. The number of hydrogen-bond donors (Lipinski definition) is 2. The van der Waals surface area contributed by atoms with Gasteiger partial charge in [-0.3, -0.25) is 9.59 Å². The molecule has 6 nitrogen and oxygen atoms in total. The van der Waals surface area contributed by atoms with Gasteiger partial charge in [-0.2, -0.15) is 5.10 Å². The van der Waals surface area contributed by atoms with Crippen LogP contribution in [-0.2, 0) is 9.59 Å². The molecule has 2 amide bonds. The summed E-state index contributed by atoms with van der Waals surface area (Å²) in [6, 6.07) is 8.40. The van der Waals surface area contributed by atoms with Gasteiger partial charge < -0.3 is 9.88 Å². The Morgan fingerprint density at radius 3 is 2.46 bits per heavy atom. The first-order valence-corrected chi connectivity index (χ1v) is 9.54. The number of carbonyl (C=O) groups is 2. The van der Waals surface area contributed by atoms with Crippen molar-refractivity contribution in [2.45, 2.75) is 48.0 Å². The van der Waals surface area contributed by atoms with Gasteiger partial charge in [-0.1, -0.05) is 31.5 Å². The van der Waals surface area contributed by atoms with E-state index in [9.17, 15) is 9.59 Å². The number of nitrogens with one attached hydrogen (secondary N) is 2. The first-order valence-electron chi connectivity index (χ1n) is 9.54. The standard InChI is InChI=1S/C22H30N4O2/c1-14(2)12-23-21(27)11-22(28)25-24-13-19-10-17(5)26(18(19)6)20-8-7-15(3)9-16(20)4/h7-10,13-14H,11-12H2,1-6H3,(H,23,27)(H,25,28)/b24-13+. The third-order valence-corrected chi connectivity index (χ3v) is 4.48. The summed E-state index contributed by atoms with van der Waals surface area (Å²) in [6.07, 6.45) is 1.39. The van der Waals surface area contributed by atoms with Gasteiger partial charge in [0.15, 0.2) is 0 Å². The summed E-state index contributed by atoms with van der Waals surface area (Å²) in [7, 11) is 0. The van der Waals surface area contributed by atoms with E-state index in [2.05, 4.69) is 52.5 Å². The Labute approximate surface area is 167 Å². The number of aryl methyl sites for hydroxylation is 3. The molecule has 0 spiro atoms. The summed E-state index contributed by atoms with van der Waals surface area (Å²) in [5.74, 6) is -0.382. The summed E-state index contributed by atoms with van der Waals surface area (Å²) in [6.45, 7) is 12.8. The molecule has 2 aromatic rings. The molecule has 0 saturated carbocycles. The highest BCUT2D eigenvalue weighted by molar-refractivity contribution is 5.97. The normalized spacial score (nSPS) is 11.2. The number of hydrogen-bond acceptors (Lipinski definition) is 3. The van der Waals surface area contributed by atoms with Crippen LogP contribution in [0.5, 0.6) is 0 Å². The molecule has 1 aromatic carbocycles. The lowest BCUT2D eigenvalue weighted by Gasteiger charge is -2.13. The predicted octanol–water partition coefficient (Wildman–Crippen LogP) is 3.32. The van der Waals surface area contributed by atoms with Crippen molar-refractivity contribution in [3.8, 4) is 5.69 Å². The summed E-state index contributed by atoms with van der Waals surface area (Å²) in [5.41, 5.74) is 9.03.